The summed E-state index contributed by atoms with van der Waals surface area (Å²) in [6.45, 7) is 0.609. The van der Waals surface area contributed by atoms with Crippen molar-refractivity contribution in [2.24, 2.45) is 0 Å². The first kappa shape index (κ1) is 16.1. The van der Waals surface area contributed by atoms with Crippen LogP contribution in [0.15, 0.2) is 56.3 Å². The van der Waals surface area contributed by atoms with Crippen molar-refractivity contribution in [2.45, 2.75) is 37.8 Å². The number of carbonyl (C=O) groups excluding carboxylic acids is 1. The molecular formula is C20H19N3O4. The van der Waals surface area contributed by atoms with Crippen molar-refractivity contribution in [3.63, 3.8) is 0 Å². The molecule has 138 valence electrons. The SMILES string of the molecule is O=C1C(n2nc(-c3ccco3)oc2=O)CCN1C1CCCc2ccccc21. The normalized spacial score (nSPS) is 22.2. The Bertz CT molecular complexity index is 1030. The zero-order chi connectivity index (χ0) is 18.4. The van der Waals surface area contributed by atoms with Crippen molar-refractivity contribution >= 4 is 5.91 Å². The molecule has 2 atom stereocenters. The summed E-state index contributed by atoms with van der Waals surface area (Å²) >= 11 is 0. The van der Waals surface area contributed by atoms with Crippen molar-refractivity contribution in [2.75, 3.05) is 6.54 Å². The fourth-order valence-electron chi connectivity index (χ4n) is 4.26. The smallest absolute Gasteiger partial charge is 0.438 e. The van der Waals surface area contributed by atoms with E-state index < -0.39 is 11.8 Å². The number of carbonyl (C=O) groups is 1. The number of hydrogen-bond acceptors (Lipinski definition) is 5. The third kappa shape index (κ3) is 2.61. The van der Waals surface area contributed by atoms with Crippen molar-refractivity contribution in [1.29, 1.82) is 0 Å². The molecule has 1 aliphatic heterocycles. The molecule has 0 bridgehead atoms. The number of benzene rings is 1. The van der Waals surface area contributed by atoms with E-state index in [1.54, 1.807) is 12.1 Å². The predicted molar refractivity (Wildman–Crippen MR) is 96.0 cm³/mol. The Morgan fingerprint density at radius 2 is 1.93 bits per heavy atom. The summed E-state index contributed by atoms with van der Waals surface area (Å²) in [5.74, 6) is -0.239. The molecule has 1 fully saturated rings. The first-order valence-corrected chi connectivity index (χ1v) is 9.24. The molecule has 0 N–H and O–H groups in total. The molecule has 5 rings (SSSR count). The minimum Gasteiger partial charge on any atom is -0.459 e. The molecular weight excluding hydrogens is 346 g/mol. The molecule has 1 saturated heterocycles. The van der Waals surface area contributed by atoms with Gasteiger partial charge in [-0.3, -0.25) is 4.79 Å². The van der Waals surface area contributed by atoms with E-state index in [-0.39, 0.29) is 17.8 Å². The second-order valence-electron chi connectivity index (χ2n) is 7.04. The van der Waals surface area contributed by atoms with Crippen LogP contribution in [-0.2, 0) is 11.2 Å². The van der Waals surface area contributed by atoms with Gasteiger partial charge in [-0.1, -0.05) is 24.3 Å². The lowest BCUT2D eigenvalue weighted by molar-refractivity contribution is -0.133. The fourth-order valence-corrected chi connectivity index (χ4v) is 4.26. The molecule has 2 unspecified atom stereocenters. The Morgan fingerprint density at radius 3 is 2.78 bits per heavy atom. The minimum absolute atomic E-state index is 0.0691. The van der Waals surface area contributed by atoms with Crippen LogP contribution in [0.1, 0.15) is 42.5 Å². The quantitative estimate of drug-likeness (QED) is 0.713. The lowest BCUT2D eigenvalue weighted by atomic mass is 9.87. The van der Waals surface area contributed by atoms with Gasteiger partial charge in [0.05, 0.1) is 12.3 Å². The van der Waals surface area contributed by atoms with E-state index in [0.29, 0.717) is 18.7 Å². The largest absolute Gasteiger partial charge is 0.459 e. The molecule has 1 aromatic carbocycles. The Kier molecular flexibility index (Phi) is 3.74. The highest BCUT2D eigenvalue weighted by Crippen LogP contribution is 2.38. The number of amides is 1. The van der Waals surface area contributed by atoms with Gasteiger partial charge in [0, 0.05) is 6.54 Å². The van der Waals surface area contributed by atoms with Gasteiger partial charge in [-0.15, -0.1) is 5.10 Å². The first-order valence-electron chi connectivity index (χ1n) is 9.24. The van der Waals surface area contributed by atoms with Crippen LogP contribution in [0.3, 0.4) is 0 Å². The molecule has 0 spiro atoms. The van der Waals surface area contributed by atoms with Crippen LogP contribution in [0.2, 0.25) is 0 Å². The molecule has 3 heterocycles. The summed E-state index contributed by atoms with van der Waals surface area (Å²) in [5, 5.41) is 4.20. The fraction of sp³-hybridized carbons (Fsp3) is 0.350. The maximum Gasteiger partial charge on any atom is 0.438 e. The van der Waals surface area contributed by atoms with E-state index in [2.05, 4.69) is 17.2 Å². The molecule has 1 aliphatic carbocycles. The number of aryl methyl sites for hydroxylation is 1. The highest BCUT2D eigenvalue weighted by molar-refractivity contribution is 5.83. The van der Waals surface area contributed by atoms with E-state index in [1.807, 2.05) is 17.0 Å². The van der Waals surface area contributed by atoms with Gasteiger partial charge in [-0.25, -0.2) is 4.79 Å². The number of nitrogens with zero attached hydrogens (tertiary/aromatic N) is 3. The van der Waals surface area contributed by atoms with E-state index in [4.69, 9.17) is 8.83 Å². The molecule has 3 aromatic rings. The van der Waals surface area contributed by atoms with Crippen molar-refractivity contribution < 1.29 is 13.6 Å². The number of fused-ring (bicyclic) bond motifs is 1. The van der Waals surface area contributed by atoms with E-state index >= 15 is 0 Å². The molecule has 0 radical (unpaired) electrons. The Labute approximate surface area is 155 Å². The zero-order valence-electron chi connectivity index (χ0n) is 14.7. The number of rotatable bonds is 3. The van der Waals surface area contributed by atoms with Crippen LogP contribution in [0.4, 0.5) is 0 Å². The summed E-state index contributed by atoms with van der Waals surface area (Å²) in [6, 6.07) is 11.1. The Morgan fingerprint density at radius 1 is 1.04 bits per heavy atom. The number of aromatic nitrogens is 2. The van der Waals surface area contributed by atoms with Crippen molar-refractivity contribution in [3.8, 4) is 11.7 Å². The Balaban J connectivity index is 1.44. The monoisotopic (exact) mass is 365 g/mol. The topological polar surface area (TPSA) is 81.5 Å². The summed E-state index contributed by atoms with van der Waals surface area (Å²) in [5.41, 5.74) is 2.53. The second-order valence-corrected chi connectivity index (χ2v) is 7.04. The van der Waals surface area contributed by atoms with E-state index in [1.165, 1.54) is 17.4 Å². The lowest BCUT2D eigenvalue weighted by Gasteiger charge is -2.33. The summed E-state index contributed by atoms with van der Waals surface area (Å²) < 4.78 is 11.6. The van der Waals surface area contributed by atoms with E-state index in [0.717, 1.165) is 23.9 Å². The highest BCUT2D eigenvalue weighted by atomic mass is 16.4. The lowest BCUT2D eigenvalue weighted by Crippen LogP contribution is -2.36. The van der Waals surface area contributed by atoms with Gasteiger partial charge in [0.1, 0.15) is 6.04 Å². The third-order valence-corrected chi connectivity index (χ3v) is 5.52. The van der Waals surface area contributed by atoms with Crippen LogP contribution < -0.4 is 5.76 Å². The van der Waals surface area contributed by atoms with Gasteiger partial charge in [0.2, 0.25) is 5.91 Å². The zero-order valence-corrected chi connectivity index (χ0v) is 14.7. The molecule has 7 heteroatoms. The predicted octanol–water partition coefficient (Wildman–Crippen LogP) is 2.95. The van der Waals surface area contributed by atoms with Gasteiger partial charge in [0.15, 0.2) is 5.76 Å². The third-order valence-electron chi connectivity index (χ3n) is 5.52. The molecule has 1 amide bonds. The van der Waals surface area contributed by atoms with Gasteiger partial charge >= 0.3 is 5.76 Å². The van der Waals surface area contributed by atoms with Gasteiger partial charge in [-0.2, -0.15) is 4.68 Å². The van der Waals surface area contributed by atoms with Crippen molar-refractivity contribution in [3.05, 3.63) is 64.3 Å². The molecule has 0 saturated carbocycles. The van der Waals surface area contributed by atoms with Crippen LogP contribution in [0.25, 0.3) is 11.7 Å². The molecule has 2 aliphatic rings. The standard InChI is InChI=1S/C20H19N3O4/c24-19-16(23-20(25)27-18(21-23)17-9-4-12-26-17)10-11-22(19)15-8-3-6-13-5-1-2-7-14(13)15/h1-2,4-5,7,9,12,15-16H,3,6,8,10-11H2. The number of hydrogen-bond donors (Lipinski definition) is 0. The van der Waals surface area contributed by atoms with Gasteiger partial charge < -0.3 is 13.7 Å². The number of furan rings is 1. The van der Waals surface area contributed by atoms with Gasteiger partial charge in [-0.05, 0) is 48.9 Å². The molecule has 27 heavy (non-hydrogen) atoms. The summed E-state index contributed by atoms with van der Waals surface area (Å²) in [6.07, 6.45) is 5.08. The van der Waals surface area contributed by atoms with Crippen molar-refractivity contribution in [1.82, 2.24) is 14.7 Å². The van der Waals surface area contributed by atoms with E-state index in [9.17, 15) is 9.59 Å². The molecule has 7 nitrogen and oxygen atoms in total. The van der Waals surface area contributed by atoms with Crippen LogP contribution in [0, 0.1) is 0 Å². The molecule has 2 aromatic heterocycles. The van der Waals surface area contributed by atoms with Crippen LogP contribution >= 0.6 is 0 Å². The maximum absolute atomic E-state index is 13.1. The maximum atomic E-state index is 13.1. The number of likely N-dealkylation sites (tertiary alicyclic amines) is 1. The first-order chi connectivity index (χ1) is 13.2. The van der Waals surface area contributed by atoms with Crippen LogP contribution in [-0.4, -0.2) is 27.1 Å². The van der Waals surface area contributed by atoms with Gasteiger partial charge in [0.25, 0.3) is 5.89 Å². The average Bonchev–Trinajstić information content (AvgIpc) is 3.42. The van der Waals surface area contributed by atoms with Crippen LogP contribution in [0.5, 0.6) is 0 Å². The minimum atomic E-state index is -0.634. The Hall–Kier alpha value is -3.09. The summed E-state index contributed by atoms with van der Waals surface area (Å²) in [4.78, 5) is 27.3. The average molecular weight is 365 g/mol. The second kappa shape index (κ2) is 6.26. The highest BCUT2D eigenvalue weighted by Gasteiger charge is 2.40. The summed E-state index contributed by atoms with van der Waals surface area (Å²) in [7, 11) is 0.